The number of benzene rings is 3. The van der Waals surface area contributed by atoms with Crippen LogP contribution in [0.4, 0.5) is 0 Å². The second-order valence-electron chi connectivity index (χ2n) is 6.18. The molecule has 0 fully saturated rings. The molecule has 3 nitrogen and oxygen atoms in total. The van der Waals surface area contributed by atoms with E-state index in [2.05, 4.69) is 47.8 Å². The van der Waals surface area contributed by atoms with Crippen LogP contribution in [0.25, 0.3) is 10.8 Å². The summed E-state index contributed by atoms with van der Waals surface area (Å²) in [6.07, 6.45) is 1.74. The Bertz CT molecular complexity index is 873. The molecule has 1 aliphatic rings. The van der Waals surface area contributed by atoms with Crippen LogP contribution >= 0.6 is 0 Å². The minimum Gasteiger partial charge on any atom is -0.504 e. The molecule has 0 unspecified atom stereocenters. The zero-order chi connectivity index (χ0) is 15.8. The molecule has 116 valence electrons. The number of phenols is 2. The normalized spacial score (nSPS) is 17.1. The minimum absolute atomic E-state index is 0.0323. The van der Waals surface area contributed by atoms with E-state index in [9.17, 15) is 10.2 Å². The molecule has 1 aliphatic heterocycles. The average molecular weight is 305 g/mol. The Morgan fingerprint density at radius 3 is 2.57 bits per heavy atom. The second-order valence-corrected chi connectivity index (χ2v) is 6.18. The summed E-state index contributed by atoms with van der Waals surface area (Å²) in [7, 11) is 0. The van der Waals surface area contributed by atoms with Gasteiger partial charge in [0.15, 0.2) is 11.5 Å². The molecule has 0 amide bonds. The van der Waals surface area contributed by atoms with Crippen molar-refractivity contribution in [3.05, 3.63) is 71.3 Å². The van der Waals surface area contributed by atoms with E-state index in [0.717, 1.165) is 30.5 Å². The molecule has 0 saturated heterocycles. The summed E-state index contributed by atoms with van der Waals surface area (Å²) in [6.45, 7) is 0.884. The molecule has 3 heteroatoms. The third kappa shape index (κ3) is 2.64. The summed E-state index contributed by atoms with van der Waals surface area (Å²) in [4.78, 5) is 0. The van der Waals surface area contributed by atoms with Gasteiger partial charge in [-0.25, -0.2) is 0 Å². The highest BCUT2D eigenvalue weighted by Crippen LogP contribution is 2.35. The predicted molar refractivity (Wildman–Crippen MR) is 91.9 cm³/mol. The maximum atomic E-state index is 9.82. The van der Waals surface area contributed by atoms with Gasteiger partial charge in [-0.15, -0.1) is 0 Å². The lowest BCUT2D eigenvalue weighted by Crippen LogP contribution is -2.31. The van der Waals surface area contributed by atoms with Gasteiger partial charge in [0.25, 0.3) is 0 Å². The fourth-order valence-corrected chi connectivity index (χ4v) is 3.45. The average Bonchev–Trinajstić information content (AvgIpc) is 2.56. The van der Waals surface area contributed by atoms with Crippen LogP contribution in [-0.2, 0) is 12.8 Å². The van der Waals surface area contributed by atoms with Crippen LogP contribution in [0.5, 0.6) is 11.5 Å². The molecule has 1 heterocycles. The molecule has 3 N–H and O–H groups in total. The quantitative estimate of drug-likeness (QED) is 0.633. The van der Waals surface area contributed by atoms with Crippen molar-refractivity contribution < 1.29 is 10.2 Å². The fraction of sp³-hybridized carbons (Fsp3) is 0.200. The summed E-state index contributed by atoms with van der Waals surface area (Å²) in [5, 5.41) is 25.5. The van der Waals surface area contributed by atoms with Gasteiger partial charge in [-0.1, -0.05) is 42.5 Å². The van der Waals surface area contributed by atoms with Gasteiger partial charge in [0.1, 0.15) is 0 Å². The van der Waals surface area contributed by atoms with Crippen molar-refractivity contribution in [2.75, 3.05) is 6.54 Å². The Balaban J connectivity index is 1.68. The van der Waals surface area contributed by atoms with E-state index in [0.29, 0.717) is 0 Å². The van der Waals surface area contributed by atoms with Crippen LogP contribution in [0.3, 0.4) is 0 Å². The lowest BCUT2D eigenvalue weighted by molar-refractivity contribution is 0.398. The van der Waals surface area contributed by atoms with Crippen molar-refractivity contribution in [1.82, 2.24) is 5.32 Å². The van der Waals surface area contributed by atoms with Gasteiger partial charge >= 0.3 is 0 Å². The maximum absolute atomic E-state index is 9.82. The molecular weight excluding hydrogens is 286 g/mol. The van der Waals surface area contributed by atoms with Crippen LogP contribution in [-0.4, -0.2) is 16.8 Å². The summed E-state index contributed by atoms with van der Waals surface area (Å²) in [5.41, 5.74) is 3.46. The van der Waals surface area contributed by atoms with Gasteiger partial charge in [-0.05, 0) is 59.0 Å². The standard InChI is InChI=1S/C20H19NO2/c22-19-11-16-7-8-21-18(17(16)12-20(19)23)10-13-5-6-14-3-1-2-4-15(14)9-13/h1-6,9,11-12,18,21-23H,7-8,10H2/t18-/m1/s1. The highest BCUT2D eigenvalue weighted by molar-refractivity contribution is 5.83. The van der Waals surface area contributed by atoms with Gasteiger partial charge in [0, 0.05) is 6.04 Å². The highest BCUT2D eigenvalue weighted by atomic mass is 16.3. The second kappa shape index (κ2) is 5.60. The molecule has 0 radical (unpaired) electrons. The summed E-state index contributed by atoms with van der Waals surface area (Å²) < 4.78 is 0. The molecule has 0 spiro atoms. The Kier molecular flexibility index (Phi) is 3.43. The predicted octanol–water partition coefficient (Wildman–Crippen LogP) is 3.68. The number of aromatic hydroxyl groups is 2. The lowest BCUT2D eigenvalue weighted by Gasteiger charge is -2.27. The van der Waals surface area contributed by atoms with E-state index in [1.54, 1.807) is 12.1 Å². The first-order valence-electron chi connectivity index (χ1n) is 7.96. The molecule has 3 aromatic carbocycles. The number of phenolic OH excluding ortho intramolecular Hbond substituents is 2. The molecule has 23 heavy (non-hydrogen) atoms. The van der Waals surface area contributed by atoms with Crippen molar-refractivity contribution in [3.63, 3.8) is 0 Å². The number of hydrogen-bond donors (Lipinski definition) is 3. The van der Waals surface area contributed by atoms with Gasteiger partial charge in [-0.2, -0.15) is 0 Å². The summed E-state index contributed by atoms with van der Waals surface area (Å²) in [5.74, 6) is -0.0777. The zero-order valence-corrected chi connectivity index (χ0v) is 12.8. The maximum Gasteiger partial charge on any atom is 0.157 e. The van der Waals surface area contributed by atoms with Gasteiger partial charge in [0.05, 0.1) is 0 Å². The summed E-state index contributed by atoms with van der Waals surface area (Å²) in [6, 6.07) is 18.5. The Labute approximate surface area is 135 Å². The van der Waals surface area contributed by atoms with E-state index >= 15 is 0 Å². The van der Waals surface area contributed by atoms with Crippen molar-refractivity contribution >= 4 is 10.8 Å². The van der Waals surface area contributed by atoms with Crippen LogP contribution in [0.2, 0.25) is 0 Å². The van der Waals surface area contributed by atoms with E-state index in [4.69, 9.17) is 0 Å². The van der Waals surface area contributed by atoms with Crippen LogP contribution in [0, 0.1) is 0 Å². The fourth-order valence-electron chi connectivity index (χ4n) is 3.45. The Morgan fingerprint density at radius 2 is 1.70 bits per heavy atom. The summed E-state index contributed by atoms with van der Waals surface area (Å²) >= 11 is 0. The van der Waals surface area contributed by atoms with E-state index in [1.165, 1.54) is 16.3 Å². The van der Waals surface area contributed by atoms with Gasteiger partial charge < -0.3 is 15.5 Å². The molecule has 1 atom stereocenters. The van der Waals surface area contributed by atoms with Crippen LogP contribution in [0.1, 0.15) is 22.7 Å². The van der Waals surface area contributed by atoms with Crippen molar-refractivity contribution in [2.24, 2.45) is 0 Å². The Morgan fingerprint density at radius 1 is 0.913 bits per heavy atom. The monoisotopic (exact) mass is 305 g/mol. The number of fused-ring (bicyclic) bond motifs is 2. The largest absolute Gasteiger partial charge is 0.504 e. The topological polar surface area (TPSA) is 52.5 Å². The van der Waals surface area contributed by atoms with Crippen LogP contribution in [0.15, 0.2) is 54.6 Å². The molecule has 0 bridgehead atoms. The Hall–Kier alpha value is -2.52. The van der Waals surface area contributed by atoms with Crippen molar-refractivity contribution in [2.45, 2.75) is 18.9 Å². The smallest absolute Gasteiger partial charge is 0.157 e. The van der Waals surface area contributed by atoms with E-state index in [1.807, 2.05) is 0 Å². The molecular formula is C20H19NO2. The molecule has 0 aromatic heterocycles. The molecule has 3 aromatic rings. The van der Waals surface area contributed by atoms with Crippen molar-refractivity contribution in [1.29, 1.82) is 0 Å². The van der Waals surface area contributed by atoms with E-state index in [-0.39, 0.29) is 17.5 Å². The third-order valence-electron chi connectivity index (χ3n) is 4.65. The SMILES string of the molecule is Oc1cc2c(cc1O)[C@@H](Cc1ccc3ccccc3c1)NCC2. The van der Waals surface area contributed by atoms with Gasteiger partial charge in [0.2, 0.25) is 0 Å². The minimum atomic E-state index is -0.0454. The first-order valence-corrected chi connectivity index (χ1v) is 7.96. The molecule has 4 rings (SSSR count). The lowest BCUT2D eigenvalue weighted by atomic mass is 9.89. The van der Waals surface area contributed by atoms with Gasteiger partial charge in [-0.3, -0.25) is 0 Å². The number of nitrogens with one attached hydrogen (secondary N) is 1. The first-order chi connectivity index (χ1) is 11.2. The zero-order valence-electron chi connectivity index (χ0n) is 12.8. The number of rotatable bonds is 2. The van der Waals surface area contributed by atoms with E-state index < -0.39 is 0 Å². The number of hydrogen-bond acceptors (Lipinski definition) is 3. The molecule has 0 saturated carbocycles. The van der Waals surface area contributed by atoms with Crippen molar-refractivity contribution in [3.8, 4) is 11.5 Å². The van der Waals surface area contributed by atoms with Crippen LogP contribution < -0.4 is 5.32 Å². The highest BCUT2D eigenvalue weighted by Gasteiger charge is 2.22. The third-order valence-corrected chi connectivity index (χ3v) is 4.65. The first kappa shape index (κ1) is 14.1. The molecule has 0 aliphatic carbocycles.